The summed E-state index contributed by atoms with van der Waals surface area (Å²) in [5, 5.41) is 20.9. The Morgan fingerprint density at radius 1 is 1.35 bits per heavy atom. The van der Waals surface area contributed by atoms with Crippen LogP contribution in [0.4, 0.5) is 10.8 Å². The summed E-state index contributed by atoms with van der Waals surface area (Å²) in [7, 11) is 0. The van der Waals surface area contributed by atoms with Crippen molar-refractivity contribution in [2.24, 2.45) is 0 Å². The highest BCUT2D eigenvalue weighted by molar-refractivity contribution is 8.01. The number of nitrogens with zero attached hydrogens (tertiary/aromatic N) is 3. The van der Waals surface area contributed by atoms with Gasteiger partial charge in [-0.15, -0.1) is 10.2 Å². The number of aryl methyl sites for hydroxylation is 1. The van der Waals surface area contributed by atoms with Gasteiger partial charge in [0.05, 0.1) is 6.07 Å². The van der Waals surface area contributed by atoms with Crippen LogP contribution in [-0.2, 0) is 6.42 Å². The average molecular weight is 304 g/mol. The van der Waals surface area contributed by atoms with Crippen LogP contribution in [0.15, 0.2) is 28.6 Å². The summed E-state index contributed by atoms with van der Waals surface area (Å²) in [5.41, 5.74) is 2.36. The summed E-state index contributed by atoms with van der Waals surface area (Å²) in [4.78, 5) is 0. The Labute approximate surface area is 127 Å². The SMILES string of the molecule is CCc1ccccc1Nc1nnc(SCCCC#N)s1. The predicted octanol–water partition coefficient (Wildman–Crippen LogP) is 4.24. The van der Waals surface area contributed by atoms with Gasteiger partial charge in [-0.05, 0) is 24.5 Å². The van der Waals surface area contributed by atoms with E-state index in [-0.39, 0.29) is 0 Å². The maximum Gasteiger partial charge on any atom is 0.210 e. The molecule has 1 N–H and O–H groups in total. The molecule has 104 valence electrons. The predicted molar refractivity (Wildman–Crippen MR) is 84.6 cm³/mol. The normalized spacial score (nSPS) is 10.2. The number of hydrogen-bond donors (Lipinski definition) is 1. The third kappa shape index (κ3) is 4.22. The summed E-state index contributed by atoms with van der Waals surface area (Å²) in [6.07, 6.45) is 2.47. The second-order valence-corrected chi connectivity index (χ2v) is 6.44. The molecule has 0 aliphatic heterocycles. The number of anilines is 2. The van der Waals surface area contributed by atoms with Gasteiger partial charge in [0, 0.05) is 17.9 Å². The van der Waals surface area contributed by atoms with E-state index in [1.165, 1.54) is 5.56 Å². The standard InChI is InChI=1S/C14H16N4S2/c1-2-11-7-3-4-8-12(11)16-13-17-18-14(20-13)19-10-6-5-9-15/h3-4,7-8H,2,5-6,10H2,1H3,(H,16,17). The first-order valence-electron chi connectivity index (χ1n) is 6.51. The molecule has 0 saturated carbocycles. The van der Waals surface area contributed by atoms with Crippen molar-refractivity contribution in [2.45, 2.75) is 30.5 Å². The molecule has 0 radical (unpaired) electrons. The third-order valence-corrected chi connectivity index (χ3v) is 4.76. The Morgan fingerprint density at radius 2 is 2.20 bits per heavy atom. The number of benzene rings is 1. The van der Waals surface area contributed by atoms with Crippen LogP contribution in [0.2, 0.25) is 0 Å². The second kappa shape index (κ2) is 7.88. The summed E-state index contributed by atoms with van der Waals surface area (Å²) in [6, 6.07) is 10.4. The van der Waals surface area contributed by atoms with E-state index in [0.29, 0.717) is 6.42 Å². The molecule has 0 fully saturated rings. The van der Waals surface area contributed by atoms with Gasteiger partial charge in [-0.25, -0.2) is 0 Å². The van der Waals surface area contributed by atoms with Gasteiger partial charge < -0.3 is 5.32 Å². The van der Waals surface area contributed by atoms with E-state index in [4.69, 9.17) is 5.26 Å². The monoisotopic (exact) mass is 304 g/mol. The Bertz CT molecular complexity index is 589. The van der Waals surface area contributed by atoms with Crippen LogP contribution in [-0.4, -0.2) is 16.0 Å². The molecule has 6 heteroatoms. The molecule has 0 spiro atoms. The van der Waals surface area contributed by atoms with Gasteiger partial charge in [-0.3, -0.25) is 0 Å². The molecule has 0 aliphatic carbocycles. The van der Waals surface area contributed by atoms with Crippen molar-refractivity contribution in [3.8, 4) is 6.07 Å². The fourth-order valence-electron chi connectivity index (χ4n) is 1.70. The number of nitrogens with one attached hydrogen (secondary N) is 1. The van der Waals surface area contributed by atoms with E-state index in [2.05, 4.69) is 40.6 Å². The summed E-state index contributed by atoms with van der Waals surface area (Å²) >= 11 is 3.21. The minimum Gasteiger partial charge on any atom is -0.330 e. The largest absolute Gasteiger partial charge is 0.330 e. The fourth-order valence-corrected chi connectivity index (χ4v) is 3.47. The quantitative estimate of drug-likeness (QED) is 0.612. The molecule has 0 unspecified atom stereocenters. The maximum absolute atomic E-state index is 8.49. The van der Waals surface area contributed by atoms with E-state index in [1.807, 2.05) is 12.1 Å². The molecular formula is C14H16N4S2. The lowest BCUT2D eigenvalue weighted by Crippen LogP contribution is -1.94. The van der Waals surface area contributed by atoms with E-state index >= 15 is 0 Å². The molecular weight excluding hydrogens is 288 g/mol. The van der Waals surface area contributed by atoms with Crippen molar-refractivity contribution >= 4 is 33.9 Å². The average Bonchev–Trinajstić information content (AvgIpc) is 2.92. The fraction of sp³-hybridized carbons (Fsp3) is 0.357. The second-order valence-electron chi connectivity index (χ2n) is 4.12. The first-order valence-corrected chi connectivity index (χ1v) is 8.32. The Hall–Kier alpha value is -1.58. The number of unbranched alkanes of at least 4 members (excludes halogenated alkanes) is 1. The number of hydrogen-bond acceptors (Lipinski definition) is 6. The van der Waals surface area contributed by atoms with E-state index in [0.717, 1.165) is 33.8 Å². The zero-order valence-corrected chi connectivity index (χ0v) is 12.9. The van der Waals surface area contributed by atoms with Gasteiger partial charge in [-0.1, -0.05) is 48.2 Å². The van der Waals surface area contributed by atoms with E-state index in [1.54, 1.807) is 23.1 Å². The van der Waals surface area contributed by atoms with E-state index < -0.39 is 0 Å². The molecule has 0 saturated heterocycles. The first-order chi connectivity index (χ1) is 9.83. The highest BCUT2D eigenvalue weighted by Crippen LogP contribution is 2.29. The molecule has 1 aromatic heterocycles. The van der Waals surface area contributed by atoms with Crippen molar-refractivity contribution in [3.05, 3.63) is 29.8 Å². The van der Waals surface area contributed by atoms with Gasteiger partial charge in [0.25, 0.3) is 0 Å². The van der Waals surface area contributed by atoms with Crippen LogP contribution in [0.5, 0.6) is 0 Å². The van der Waals surface area contributed by atoms with Gasteiger partial charge >= 0.3 is 0 Å². The molecule has 20 heavy (non-hydrogen) atoms. The molecule has 0 bridgehead atoms. The van der Waals surface area contributed by atoms with Crippen LogP contribution in [0.1, 0.15) is 25.3 Å². The first kappa shape index (κ1) is 14.8. The molecule has 0 aliphatic rings. The van der Waals surface area contributed by atoms with Gasteiger partial charge in [0.2, 0.25) is 5.13 Å². The zero-order valence-electron chi connectivity index (χ0n) is 11.3. The minimum atomic E-state index is 0.598. The van der Waals surface area contributed by atoms with Gasteiger partial charge in [0.15, 0.2) is 4.34 Å². The van der Waals surface area contributed by atoms with Crippen molar-refractivity contribution < 1.29 is 0 Å². The highest BCUT2D eigenvalue weighted by atomic mass is 32.2. The molecule has 2 aromatic rings. The smallest absolute Gasteiger partial charge is 0.210 e. The summed E-state index contributed by atoms with van der Waals surface area (Å²) < 4.78 is 0.944. The van der Waals surface area contributed by atoms with Crippen molar-refractivity contribution in [3.63, 3.8) is 0 Å². The molecule has 0 atom stereocenters. The summed E-state index contributed by atoms with van der Waals surface area (Å²) in [5.74, 6) is 0.910. The van der Waals surface area contributed by atoms with Crippen LogP contribution >= 0.6 is 23.1 Å². The van der Waals surface area contributed by atoms with Crippen molar-refractivity contribution in [1.82, 2.24) is 10.2 Å². The van der Waals surface area contributed by atoms with Crippen molar-refractivity contribution in [1.29, 1.82) is 5.26 Å². The van der Waals surface area contributed by atoms with Crippen LogP contribution < -0.4 is 5.32 Å². The third-order valence-electron chi connectivity index (χ3n) is 2.70. The lowest BCUT2D eigenvalue weighted by atomic mass is 10.1. The summed E-state index contributed by atoms with van der Waals surface area (Å²) in [6.45, 7) is 2.14. The highest BCUT2D eigenvalue weighted by Gasteiger charge is 2.06. The van der Waals surface area contributed by atoms with Crippen molar-refractivity contribution in [2.75, 3.05) is 11.1 Å². The lowest BCUT2D eigenvalue weighted by Gasteiger charge is -2.06. The molecule has 1 heterocycles. The van der Waals surface area contributed by atoms with Crippen LogP contribution in [0.3, 0.4) is 0 Å². The van der Waals surface area contributed by atoms with Crippen LogP contribution in [0, 0.1) is 11.3 Å². The van der Waals surface area contributed by atoms with Gasteiger partial charge in [0.1, 0.15) is 0 Å². The Kier molecular flexibility index (Phi) is 5.84. The zero-order chi connectivity index (χ0) is 14.2. The molecule has 0 amide bonds. The maximum atomic E-state index is 8.49. The number of nitriles is 1. The lowest BCUT2D eigenvalue weighted by molar-refractivity contribution is 0.971. The molecule has 2 rings (SSSR count). The Balaban J connectivity index is 1.94. The number of rotatable bonds is 7. The van der Waals surface area contributed by atoms with E-state index in [9.17, 15) is 0 Å². The Morgan fingerprint density at radius 3 is 3.00 bits per heavy atom. The molecule has 4 nitrogen and oxygen atoms in total. The van der Waals surface area contributed by atoms with Gasteiger partial charge in [-0.2, -0.15) is 5.26 Å². The number of thioether (sulfide) groups is 1. The number of para-hydroxylation sites is 1. The van der Waals surface area contributed by atoms with Crippen LogP contribution in [0.25, 0.3) is 0 Å². The molecule has 1 aromatic carbocycles. The topological polar surface area (TPSA) is 61.6 Å². The minimum absolute atomic E-state index is 0.598. The number of aromatic nitrogens is 2.